The maximum Gasteiger partial charge on any atom is 0.269 e. The van der Waals surface area contributed by atoms with E-state index in [4.69, 9.17) is 0 Å². The fourth-order valence-electron chi connectivity index (χ4n) is 2.98. The molecule has 0 saturated carbocycles. The van der Waals surface area contributed by atoms with E-state index in [-0.39, 0.29) is 11.8 Å². The highest BCUT2D eigenvalue weighted by Gasteiger charge is 2.24. The zero-order valence-electron chi connectivity index (χ0n) is 17.1. The second kappa shape index (κ2) is 10.7. The van der Waals surface area contributed by atoms with Crippen molar-refractivity contribution >= 4 is 45.1 Å². The topological polar surface area (TPSA) is 40.6 Å². The summed E-state index contributed by atoms with van der Waals surface area (Å²) in [6.45, 7) is 0. The number of amides is 2. The maximum absolute atomic E-state index is 13.3. The molecule has 0 aliphatic heterocycles. The first-order valence-corrected chi connectivity index (χ1v) is 12.0. The fourth-order valence-corrected chi connectivity index (χ4v) is 5.20. The lowest BCUT2D eigenvalue weighted by Crippen LogP contribution is -2.27. The Labute approximate surface area is 195 Å². The Morgan fingerprint density at radius 3 is 1.03 bits per heavy atom. The molecule has 0 spiro atoms. The summed E-state index contributed by atoms with van der Waals surface area (Å²) in [6.07, 6.45) is 0. The molecule has 4 rings (SSSR count). The number of nitrogens with zero attached hydrogens (tertiary/aromatic N) is 2. The Morgan fingerprint density at radius 2 is 0.719 bits per heavy atom. The van der Waals surface area contributed by atoms with Crippen LogP contribution >= 0.6 is 22.0 Å². The second-order valence-electron chi connectivity index (χ2n) is 6.75. The first-order valence-electron chi connectivity index (χ1n) is 9.98. The van der Waals surface area contributed by atoms with Gasteiger partial charge in [-0.1, -0.05) is 72.8 Å². The van der Waals surface area contributed by atoms with Gasteiger partial charge in [0.15, 0.2) is 0 Å². The molecule has 0 heterocycles. The van der Waals surface area contributed by atoms with Crippen molar-refractivity contribution in [1.29, 1.82) is 0 Å². The predicted octanol–water partition coefficient (Wildman–Crippen LogP) is 6.89. The summed E-state index contributed by atoms with van der Waals surface area (Å²) >= 11 is 0. The first-order chi connectivity index (χ1) is 15.7. The van der Waals surface area contributed by atoms with Crippen LogP contribution in [0.2, 0.25) is 0 Å². The fraction of sp³-hybridized carbons (Fsp3) is 0. The Balaban J connectivity index is 1.64. The minimum absolute atomic E-state index is 0.158. The van der Waals surface area contributed by atoms with Crippen molar-refractivity contribution in [3.05, 3.63) is 132 Å². The molecule has 4 aromatic carbocycles. The van der Waals surface area contributed by atoms with Crippen LogP contribution in [-0.4, -0.2) is 11.8 Å². The Morgan fingerprint density at radius 1 is 0.438 bits per heavy atom. The van der Waals surface area contributed by atoms with Crippen LogP contribution in [0.3, 0.4) is 0 Å². The van der Waals surface area contributed by atoms with Crippen LogP contribution in [-0.2, 0) is 0 Å². The SMILES string of the molecule is O=C(c1ccccc1)N(SSN(C(=O)c1ccccc1)c1ccccc1)c1ccccc1. The summed E-state index contributed by atoms with van der Waals surface area (Å²) in [7, 11) is 2.42. The number of benzene rings is 4. The van der Waals surface area contributed by atoms with Gasteiger partial charge in [0.25, 0.3) is 11.8 Å². The van der Waals surface area contributed by atoms with Gasteiger partial charge in [-0.15, -0.1) is 0 Å². The van der Waals surface area contributed by atoms with E-state index in [1.807, 2.05) is 97.1 Å². The summed E-state index contributed by atoms with van der Waals surface area (Å²) in [5.74, 6) is -0.316. The lowest BCUT2D eigenvalue weighted by atomic mass is 10.2. The van der Waals surface area contributed by atoms with E-state index in [9.17, 15) is 9.59 Å². The highest BCUT2D eigenvalue weighted by atomic mass is 33.1. The van der Waals surface area contributed by atoms with E-state index in [1.54, 1.807) is 32.9 Å². The van der Waals surface area contributed by atoms with Gasteiger partial charge in [-0.05, 0) is 48.5 Å². The van der Waals surface area contributed by atoms with Crippen molar-refractivity contribution in [2.45, 2.75) is 0 Å². The molecule has 0 saturated heterocycles. The van der Waals surface area contributed by atoms with Crippen LogP contribution in [0.5, 0.6) is 0 Å². The van der Waals surface area contributed by atoms with Gasteiger partial charge >= 0.3 is 0 Å². The van der Waals surface area contributed by atoms with E-state index in [0.717, 1.165) is 11.4 Å². The van der Waals surface area contributed by atoms with Gasteiger partial charge in [-0.2, -0.15) is 0 Å². The molecule has 0 aromatic heterocycles. The van der Waals surface area contributed by atoms with Gasteiger partial charge in [0, 0.05) is 11.1 Å². The largest absolute Gasteiger partial charge is 0.269 e. The zero-order valence-corrected chi connectivity index (χ0v) is 18.7. The van der Waals surface area contributed by atoms with Crippen molar-refractivity contribution in [1.82, 2.24) is 0 Å². The zero-order chi connectivity index (χ0) is 22.2. The average Bonchev–Trinajstić information content (AvgIpc) is 2.88. The maximum atomic E-state index is 13.3. The molecule has 0 N–H and O–H groups in total. The molecule has 0 atom stereocenters. The van der Waals surface area contributed by atoms with E-state index in [0.29, 0.717) is 11.1 Å². The molecule has 4 nitrogen and oxygen atoms in total. The smallest absolute Gasteiger partial charge is 0.268 e. The van der Waals surface area contributed by atoms with Gasteiger partial charge in [-0.3, -0.25) is 9.59 Å². The van der Waals surface area contributed by atoms with Gasteiger partial charge in [0.1, 0.15) is 0 Å². The van der Waals surface area contributed by atoms with Crippen LogP contribution in [0.15, 0.2) is 121 Å². The number of rotatable bonds is 7. The standard InChI is InChI=1S/C26H20N2O2S2/c29-25(21-13-5-1-6-14-21)27(23-17-9-3-10-18-23)31-32-28(24-19-11-4-12-20-24)26(30)22-15-7-2-8-16-22/h1-20H. The Hall–Kier alpha value is -3.48. The van der Waals surface area contributed by atoms with Gasteiger partial charge in [0.2, 0.25) is 0 Å². The van der Waals surface area contributed by atoms with E-state index in [1.165, 1.54) is 22.0 Å². The molecule has 6 heteroatoms. The summed E-state index contributed by atoms with van der Waals surface area (Å²) in [5.41, 5.74) is 2.62. The van der Waals surface area contributed by atoms with Gasteiger partial charge in [-0.25, -0.2) is 8.61 Å². The molecule has 0 aliphatic carbocycles. The summed E-state index contributed by atoms with van der Waals surface area (Å²) in [6, 6.07) is 37.1. The summed E-state index contributed by atoms with van der Waals surface area (Å²) in [4.78, 5) is 26.6. The monoisotopic (exact) mass is 456 g/mol. The number of anilines is 2. The van der Waals surface area contributed by atoms with Crippen molar-refractivity contribution in [3.63, 3.8) is 0 Å². The molecular weight excluding hydrogens is 436 g/mol. The molecule has 4 aromatic rings. The molecule has 0 bridgehead atoms. The second-order valence-corrected chi connectivity index (χ2v) is 8.67. The third-order valence-electron chi connectivity index (χ3n) is 4.57. The number of hydrogen-bond donors (Lipinski definition) is 0. The van der Waals surface area contributed by atoms with Crippen LogP contribution in [0.1, 0.15) is 20.7 Å². The first kappa shape index (κ1) is 21.7. The van der Waals surface area contributed by atoms with Gasteiger partial charge in [0.05, 0.1) is 33.3 Å². The molecule has 0 aliphatic rings. The number of para-hydroxylation sites is 2. The minimum atomic E-state index is -0.158. The van der Waals surface area contributed by atoms with E-state index < -0.39 is 0 Å². The molecule has 0 unspecified atom stereocenters. The van der Waals surface area contributed by atoms with Crippen molar-refractivity contribution in [3.8, 4) is 0 Å². The number of carbonyl (C=O) groups excluding carboxylic acids is 2. The van der Waals surface area contributed by atoms with Gasteiger partial charge < -0.3 is 0 Å². The average molecular weight is 457 g/mol. The van der Waals surface area contributed by atoms with Crippen LogP contribution < -0.4 is 8.61 Å². The lowest BCUT2D eigenvalue weighted by Gasteiger charge is -2.25. The Bertz CT molecular complexity index is 1060. The van der Waals surface area contributed by atoms with E-state index >= 15 is 0 Å². The molecule has 2 amide bonds. The predicted molar refractivity (Wildman–Crippen MR) is 135 cm³/mol. The minimum Gasteiger partial charge on any atom is -0.268 e. The highest BCUT2D eigenvalue weighted by molar-refractivity contribution is 8.78. The molecule has 158 valence electrons. The molecular formula is C26H20N2O2S2. The highest BCUT2D eigenvalue weighted by Crippen LogP contribution is 2.38. The summed E-state index contributed by atoms with van der Waals surface area (Å²) < 4.78 is 3.21. The van der Waals surface area contributed by atoms with Crippen LogP contribution in [0, 0.1) is 0 Å². The summed E-state index contributed by atoms with van der Waals surface area (Å²) in [5, 5.41) is 0. The van der Waals surface area contributed by atoms with Crippen molar-refractivity contribution in [2.24, 2.45) is 0 Å². The van der Waals surface area contributed by atoms with Crippen molar-refractivity contribution in [2.75, 3.05) is 8.61 Å². The third-order valence-corrected chi connectivity index (χ3v) is 6.79. The number of hydrogen-bond acceptors (Lipinski definition) is 4. The molecule has 32 heavy (non-hydrogen) atoms. The van der Waals surface area contributed by atoms with E-state index in [2.05, 4.69) is 0 Å². The molecule has 0 fully saturated rings. The number of carbonyl (C=O) groups is 2. The molecule has 0 radical (unpaired) electrons. The van der Waals surface area contributed by atoms with Crippen molar-refractivity contribution < 1.29 is 9.59 Å². The van der Waals surface area contributed by atoms with Crippen LogP contribution in [0.25, 0.3) is 0 Å². The lowest BCUT2D eigenvalue weighted by molar-refractivity contribution is 0.0998. The van der Waals surface area contributed by atoms with Crippen LogP contribution in [0.4, 0.5) is 11.4 Å². The quantitative estimate of drug-likeness (QED) is 0.224. The Kier molecular flexibility index (Phi) is 7.27. The normalized spacial score (nSPS) is 10.4. The third kappa shape index (κ3) is 5.22.